The van der Waals surface area contributed by atoms with Gasteiger partial charge in [-0.2, -0.15) is 0 Å². The first-order chi connectivity index (χ1) is 9.10. The summed E-state index contributed by atoms with van der Waals surface area (Å²) in [6.45, 7) is 4.57. The summed E-state index contributed by atoms with van der Waals surface area (Å²) in [5.41, 5.74) is 10.2. The van der Waals surface area contributed by atoms with Crippen molar-refractivity contribution in [1.82, 2.24) is 4.98 Å². The molecule has 0 saturated heterocycles. The van der Waals surface area contributed by atoms with E-state index in [1.54, 1.807) is 0 Å². The molecule has 0 amide bonds. The fraction of sp³-hybridized carbons (Fsp3) is 0.267. The number of halogens is 1. The van der Waals surface area contributed by atoms with E-state index in [9.17, 15) is 0 Å². The topological polar surface area (TPSA) is 50.9 Å². The first-order valence-corrected chi connectivity index (χ1v) is 7.05. The van der Waals surface area contributed by atoms with Crippen LogP contribution in [-0.4, -0.2) is 11.5 Å². The summed E-state index contributed by atoms with van der Waals surface area (Å²) >= 11 is 3.55. The van der Waals surface area contributed by atoms with Crippen LogP contribution in [0.2, 0.25) is 0 Å². The largest absolute Gasteiger partial charge is 0.376 e. The predicted molar refractivity (Wildman–Crippen MR) is 83.3 cm³/mol. The zero-order valence-corrected chi connectivity index (χ0v) is 12.7. The van der Waals surface area contributed by atoms with E-state index >= 15 is 0 Å². The molecule has 2 rings (SSSR count). The molecule has 3 N–H and O–H groups in total. The van der Waals surface area contributed by atoms with Gasteiger partial charge in [-0.25, -0.2) is 0 Å². The third-order valence-electron chi connectivity index (χ3n) is 3.02. The minimum Gasteiger partial charge on any atom is -0.376 e. The highest BCUT2D eigenvalue weighted by atomic mass is 79.9. The quantitative estimate of drug-likeness (QED) is 0.905. The average Bonchev–Trinajstić information content (AvgIpc) is 2.41. The number of nitrogens with one attached hydrogen (secondary N) is 1. The molecular weight excluding hydrogens is 302 g/mol. The first kappa shape index (κ1) is 14.0. The normalized spacial score (nSPS) is 12.2. The van der Waals surface area contributed by atoms with Crippen LogP contribution in [-0.2, 0) is 0 Å². The van der Waals surface area contributed by atoms with Crippen LogP contribution in [0.1, 0.15) is 22.9 Å². The summed E-state index contributed by atoms with van der Waals surface area (Å²) in [6, 6.07) is 10.3. The third-order valence-corrected chi connectivity index (χ3v) is 3.72. The van der Waals surface area contributed by atoms with Crippen LogP contribution in [0.4, 0.5) is 5.69 Å². The fourth-order valence-electron chi connectivity index (χ4n) is 1.90. The summed E-state index contributed by atoms with van der Waals surface area (Å²) in [5, 5.41) is 3.46. The van der Waals surface area contributed by atoms with Crippen LogP contribution in [0.3, 0.4) is 0 Å². The molecule has 2 aromatic rings. The van der Waals surface area contributed by atoms with Crippen molar-refractivity contribution >= 4 is 21.6 Å². The minimum absolute atomic E-state index is 0.0613. The molecule has 0 aliphatic rings. The maximum atomic E-state index is 5.87. The van der Waals surface area contributed by atoms with Gasteiger partial charge < -0.3 is 11.1 Å². The molecule has 0 radical (unpaired) electrons. The molecule has 0 aliphatic heterocycles. The van der Waals surface area contributed by atoms with Crippen LogP contribution < -0.4 is 11.1 Å². The molecular formula is C15H18BrN3. The van der Waals surface area contributed by atoms with E-state index in [2.05, 4.69) is 51.4 Å². The van der Waals surface area contributed by atoms with Crippen LogP contribution >= 0.6 is 15.9 Å². The second-order valence-electron chi connectivity index (χ2n) is 4.65. The molecule has 1 heterocycles. The van der Waals surface area contributed by atoms with Gasteiger partial charge >= 0.3 is 0 Å². The Labute approximate surface area is 122 Å². The van der Waals surface area contributed by atoms with E-state index in [1.165, 1.54) is 5.56 Å². The van der Waals surface area contributed by atoms with Gasteiger partial charge in [-0.3, -0.25) is 4.98 Å². The summed E-state index contributed by atoms with van der Waals surface area (Å²) < 4.78 is 1.04. The number of rotatable bonds is 4. The molecule has 0 aliphatic carbocycles. The maximum absolute atomic E-state index is 5.87. The van der Waals surface area contributed by atoms with E-state index in [0.29, 0.717) is 6.54 Å². The molecule has 1 aromatic heterocycles. The molecule has 0 saturated carbocycles. The standard InChI is InChI=1S/C15H18BrN3/c1-10-3-6-13(16)14(7-10)19-15(8-17)12-5-4-11(2)18-9-12/h3-7,9,15,19H,8,17H2,1-2H3. The first-order valence-electron chi connectivity index (χ1n) is 6.25. The molecule has 0 spiro atoms. The molecule has 100 valence electrons. The fourth-order valence-corrected chi connectivity index (χ4v) is 2.26. The Bertz CT molecular complexity index is 552. The molecule has 1 unspecified atom stereocenters. The van der Waals surface area contributed by atoms with Crippen molar-refractivity contribution in [3.8, 4) is 0 Å². The van der Waals surface area contributed by atoms with Gasteiger partial charge in [0.2, 0.25) is 0 Å². The van der Waals surface area contributed by atoms with Gasteiger partial charge in [0, 0.05) is 28.6 Å². The summed E-state index contributed by atoms with van der Waals surface area (Å²) in [5.74, 6) is 0. The molecule has 1 aromatic carbocycles. The highest BCUT2D eigenvalue weighted by Gasteiger charge is 2.11. The van der Waals surface area contributed by atoms with Crippen molar-refractivity contribution in [2.24, 2.45) is 5.73 Å². The van der Waals surface area contributed by atoms with Gasteiger partial charge in [0.15, 0.2) is 0 Å². The lowest BCUT2D eigenvalue weighted by molar-refractivity contribution is 0.783. The highest BCUT2D eigenvalue weighted by molar-refractivity contribution is 9.10. The number of hydrogen-bond donors (Lipinski definition) is 2. The van der Waals surface area contributed by atoms with Crippen LogP contribution in [0.25, 0.3) is 0 Å². The van der Waals surface area contributed by atoms with Gasteiger partial charge in [0.05, 0.1) is 6.04 Å². The Hall–Kier alpha value is -1.39. The minimum atomic E-state index is 0.0613. The van der Waals surface area contributed by atoms with E-state index < -0.39 is 0 Å². The number of pyridine rings is 1. The highest BCUT2D eigenvalue weighted by Crippen LogP contribution is 2.27. The number of hydrogen-bond acceptors (Lipinski definition) is 3. The van der Waals surface area contributed by atoms with E-state index in [0.717, 1.165) is 21.4 Å². The van der Waals surface area contributed by atoms with Crippen LogP contribution in [0, 0.1) is 13.8 Å². The maximum Gasteiger partial charge on any atom is 0.0651 e. The van der Waals surface area contributed by atoms with Gasteiger partial charge in [-0.15, -0.1) is 0 Å². The van der Waals surface area contributed by atoms with Crippen molar-refractivity contribution in [2.45, 2.75) is 19.9 Å². The van der Waals surface area contributed by atoms with Crippen molar-refractivity contribution in [3.63, 3.8) is 0 Å². The Balaban J connectivity index is 2.23. The van der Waals surface area contributed by atoms with Gasteiger partial charge in [-0.1, -0.05) is 12.1 Å². The van der Waals surface area contributed by atoms with Crippen LogP contribution in [0.5, 0.6) is 0 Å². The average molecular weight is 320 g/mol. The lowest BCUT2D eigenvalue weighted by Gasteiger charge is -2.19. The zero-order chi connectivity index (χ0) is 13.8. The Morgan fingerprint density at radius 3 is 2.68 bits per heavy atom. The molecule has 1 atom stereocenters. The molecule has 0 fully saturated rings. The molecule has 0 bridgehead atoms. The zero-order valence-electron chi connectivity index (χ0n) is 11.2. The molecule has 3 nitrogen and oxygen atoms in total. The van der Waals surface area contributed by atoms with Crippen molar-refractivity contribution in [1.29, 1.82) is 0 Å². The van der Waals surface area contributed by atoms with Crippen LogP contribution in [0.15, 0.2) is 41.0 Å². The van der Waals surface area contributed by atoms with Crippen molar-refractivity contribution < 1.29 is 0 Å². The number of benzene rings is 1. The lowest BCUT2D eigenvalue weighted by atomic mass is 10.1. The lowest BCUT2D eigenvalue weighted by Crippen LogP contribution is -2.21. The summed E-state index contributed by atoms with van der Waals surface area (Å²) in [4.78, 5) is 4.32. The van der Waals surface area contributed by atoms with Gasteiger partial charge in [-0.05, 0) is 59.1 Å². The Kier molecular flexibility index (Phi) is 4.56. The Morgan fingerprint density at radius 2 is 2.05 bits per heavy atom. The van der Waals surface area contributed by atoms with Gasteiger partial charge in [0.25, 0.3) is 0 Å². The number of nitrogens with zero attached hydrogens (tertiary/aromatic N) is 1. The van der Waals surface area contributed by atoms with E-state index in [-0.39, 0.29) is 6.04 Å². The smallest absolute Gasteiger partial charge is 0.0651 e. The molecule has 19 heavy (non-hydrogen) atoms. The molecule has 4 heteroatoms. The number of anilines is 1. The third kappa shape index (κ3) is 3.55. The van der Waals surface area contributed by atoms with E-state index in [4.69, 9.17) is 5.73 Å². The van der Waals surface area contributed by atoms with Gasteiger partial charge in [0.1, 0.15) is 0 Å². The monoisotopic (exact) mass is 319 g/mol. The second-order valence-corrected chi connectivity index (χ2v) is 5.50. The number of nitrogens with two attached hydrogens (primary N) is 1. The summed E-state index contributed by atoms with van der Waals surface area (Å²) in [6.07, 6.45) is 1.88. The Morgan fingerprint density at radius 1 is 1.26 bits per heavy atom. The number of aromatic nitrogens is 1. The second kappa shape index (κ2) is 6.17. The van der Waals surface area contributed by atoms with Crippen molar-refractivity contribution in [3.05, 3.63) is 57.8 Å². The predicted octanol–water partition coefficient (Wildman–Crippen LogP) is 3.57. The number of aryl methyl sites for hydroxylation is 2. The SMILES string of the molecule is Cc1ccc(Br)c(NC(CN)c2ccc(C)nc2)c1. The summed E-state index contributed by atoms with van der Waals surface area (Å²) in [7, 11) is 0. The van der Waals surface area contributed by atoms with Crippen molar-refractivity contribution in [2.75, 3.05) is 11.9 Å². The van der Waals surface area contributed by atoms with E-state index in [1.807, 2.05) is 25.3 Å².